The van der Waals surface area contributed by atoms with Gasteiger partial charge >= 0.3 is 0 Å². The van der Waals surface area contributed by atoms with Crippen LogP contribution in [0.4, 0.5) is 0 Å². The van der Waals surface area contributed by atoms with Crippen LogP contribution in [-0.2, 0) is 17.8 Å². The van der Waals surface area contributed by atoms with Gasteiger partial charge in [0.05, 0.1) is 25.3 Å². The largest absolute Gasteiger partial charge is 0.494 e. The molecular formula is C19H21N5O2. The molecule has 0 atom stereocenters. The zero-order valence-corrected chi connectivity index (χ0v) is 14.8. The summed E-state index contributed by atoms with van der Waals surface area (Å²) in [6, 6.07) is 15.4. The lowest BCUT2D eigenvalue weighted by Gasteiger charge is -2.07. The van der Waals surface area contributed by atoms with Crippen molar-refractivity contribution in [3.63, 3.8) is 0 Å². The number of carbonyl (C=O) groups is 1. The van der Waals surface area contributed by atoms with Crippen LogP contribution in [-0.4, -0.2) is 32.7 Å². The quantitative estimate of drug-likeness (QED) is 0.706. The maximum atomic E-state index is 12.2. The molecule has 0 radical (unpaired) electrons. The van der Waals surface area contributed by atoms with Crippen molar-refractivity contribution in [2.45, 2.75) is 26.8 Å². The first-order valence-electron chi connectivity index (χ1n) is 8.48. The van der Waals surface area contributed by atoms with Crippen LogP contribution in [0.2, 0.25) is 0 Å². The van der Waals surface area contributed by atoms with Gasteiger partial charge in [-0.15, -0.1) is 5.10 Å². The number of tetrazole rings is 1. The summed E-state index contributed by atoms with van der Waals surface area (Å²) in [7, 11) is 0. The van der Waals surface area contributed by atoms with Gasteiger partial charge in [0.2, 0.25) is 5.91 Å². The monoisotopic (exact) mass is 351 g/mol. The van der Waals surface area contributed by atoms with E-state index < -0.39 is 0 Å². The molecule has 0 unspecified atom stereocenters. The maximum absolute atomic E-state index is 12.2. The first-order chi connectivity index (χ1) is 12.7. The molecule has 0 fully saturated rings. The van der Waals surface area contributed by atoms with Crippen LogP contribution in [0.3, 0.4) is 0 Å². The van der Waals surface area contributed by atoms with E-state index in [2.05, 4.69) is 20.8 Å². The average molecular weight is 351 g/mol. The summed E-state index contributed by atoms with van der Waals surface area (Å²) in [5, 5.41) is 14.6. The molecule has 1 heterocycles. The summed E-state index contributed by atoms with van der Waals surface area (Å²) in [6.45, 7) is 4.84. The normalized spacial score (nSPS) is 10.5. The van der Waals surface area contributed by atoms with Crippen LogP contribution in [0.1, 0.15) is 23.9 Å². The topological polar surface area (TPSA) is 81.9 Å². The minimum Gasteiger partial charge on any atom is -0.494 e. The van der Waals surface area contributed by atoms with Gasteiger partial charge in [0.15, 0.2) is 5.82 Å². The molecule has 0 saturated heterocycles. The number of nitrogens with zero attached hydrogens (tertiary/aromatic N) is 4. The number of carbonyl (C=O) groups excluding carboxylic acids is 1. The van der Waals surface area contributed by atoms with E-state index in [-0.39, 0.29) is 12.5 Å². The number of benzene rings is 2. The van der Waals surface area contributed by atoms with Gasteiger partial charge in [-0.2, -0.15) is 4.68 Å². The Balaban J connectivity index is 1.58. The number of amides is 1. The summed E-state index contributed by atoms with van der Waals surface area (Å²) in [6.07, 6.45) is 0.290. The third-order valence-electron chi connectivity index (χ3n) is 3.86. The number of rotatable bonds is 7. The van der Waals surface area contributed by atoms with Crippen LogP contribution >= 0.6 is 0 Å². The van der Waals surface area contributed by atoms with E-state index >= 15 is 0 Å². The molecule has 7 heteroatoms. The van der Waals surface area contributed by atoms with Gasteiger partial charge in [-0.25, -0.2) is 0 Å². The predicted molar refractivity (Wildman–Crippen MR) is 97.1 cm³/mol. The van der Waals surface area contributed by atoms with Gasteiger partial charge < -0.3 is 10.1 Å². The van der Waals surface area contributed by atoms with Crippen LogP contribution in [0, 0.1) is 6.92 Å². The van der Waals surface area contributed by atoms with Gasteiger partial charge in [-0.05, 0) is 54.1 Å². The highest BCUT2D eigenvalue weighted by molar-refractivity contribution is 5.78. The van der Waals surface area contributed by atoms with E-state index in [0.717, 1.165) is 22.6 Å². The third kappa shape index (κ3) is 4.44. The van der Waals surface area contributed by atoms with Crippen LogP contribution in [0.15, 0.2) is 48.5 Å². The Morgan fingerprint density at radius 2 is 1.85 bits per heavy atom. The van der Waals surface area contributed by atoms with E-state index in [1.807, 2.05) is 62.4 Å². The molecule has 0 spiro atoms. The Bertz CT molecular complexity index is 856. The lowest BCUT2D eigenvalue weighted by Crippen LogP contribution is -2.26. The SMILES string of the molecule is CCOc1ccc(CC(=O)NCc2nnnn2-c2ccc(C)cc2)cc1. The second-order valence-electron chi connectivity index (χ2n) is 5.87. The molecule has 1 aromatic heterocycles. The molecule has 26 heavy (non-hydrogen) atoms. The number of ether oxygens (including phenoxy) is 1. The molecule has 134 valence electrons. The van der Waals surface area contributed by atoms with Crippen molar-refractivity contribution in [3.8, 4) is 11.4 Å². The van der Waals surface area contributed by atoms with Crippen molar-refractivity contribution < 1.29 is 9.53 Å². The van der Waals surface area contributed by atoms with Crippen molar-refractivity contribution in [1.29, 1.82) is 0 Å². The molecule has 0 aliphatic heterocycles. The molecule has 2 aromatic carbocycles. The zero-order chi connectivity index (χ0) is 18.4. The van der Waals surface area contributed by atoms with Gasteiger partial charge in [0.25, 0.3) is 0 Å². The Kier molecular flexibility index (Phi) is 5.58. The number of nitrogens with one attached hydrogen (secondary N) is 1. The molecule has 0 aliphatic rings. The highest BCUT2D eigenvalue weighted by atomic mass is 16.5. The molecule has 0 aliphatic carbocycles. The van der Waals surface area contributed by atoms with Crippen LogP contribution in [0.5, 0.6) is 5.75 Å². The summed E-state index contributed by atoms with van der Waals surface area (Å²) >= 11 is 0. The third-order valence-corrected chi connectivity index (χ3v) is 3.86. The Labute approximate surface area is 152 Å². The van der Waals surface area contributed by atoms with Gasteiger partial charge in [0, 0.05) is 0 Å². The standard InChI is InChI=1S/C19H21N5O2/c1-3-26-17-10-6-15(7-11-17)12-19(25)20-13-18-21-22-23-24(18)16-8-4-14(2)5-9-16/h4-11H,3,12-13H2,1-2H3,(H,20,25). The summed E-state index contributed by atoms with van der Waals surface area (Å²) < 4.78 is 7.02. The minimum atomic E-state index is -0.0902. The molecular weight excluding hydrogens is 330 g/mol. The molecule has 0 saturated carbocycles. The van der Waals surface area contributed by atoms with Crippen LogP contribution < -0.4 is 10.1 Å². The lowest BCUT2D eigenvalue weighted by atomic mass is 10.1. The van der Waals surface area contributed by atoms with E-state index in [1.165, 1.54) is 0 Å². The van der Waals surface area contributed by atoms with Gasteiger partial charge in [-0.3, -0.25) is 4.79 Å². The van der Waals surface area contributed by atoms with Crippen LogP contribution in [0.25, 0.3) is 5.69 Å². The van der Waals surface area contributed by atoms with E-state index in [9.17, 15) is 4.79 Å². The molecule has 1 N–H and O–H groups in total. The molecule has 7 nitrogen and oxygen atoms in total. The van der Waals surface area contributed by atoms with Gasteiger partial charge in [-0.1, -0.05) is 29.8 Å². The molecule has 1 amide bonds. The van der Waals surface area contributed by atoms with Crippen molar-refractivity contribution in [2.24, 2.45) is 0 Å². The van der Waals surface area contributed by atoms with E-state index in [0.29, 0.717) is 18.9 Å². The fourth-order valence-corrected chi connectivity index (χ4v) is 2.50. The van der Waals surface area contributed by atoms with Crippen molar-refractivity contribution >= 4 is 5.91 Å². The second kappa shape index (κ2) is 8.24. The minimum absolute atomic E-state index is 0.0902. The lowest BCUT2D eigenvalue weighted by molar-refractivity contribution is -0.120. The van der Waals surface area contributed by atoms with Crippen molar-refractivity contribution in [2.75, 3.05) is 6.61 Å². The summed E-state index contributed by atoms with van der Waals surface area (Å²) in [5.74, 6) is 1.29. The number of hydrogen-bond acceptors (Lipinski definition) is 5. The maximum Gasteiger partial charge on any atom is 0.224 e. The number of aromatic nitrogens is 4. The molecule has 0 bridgehead atoms. The molecule has 3 aromatic rings. The van der Waals surface area contributed by atoms with Crippen molar-refractivity contribution in [1.82, 2.24) is 25.5 Å². The number of aryl methyl sites for hydroxylation is 1. The fraction of sp³-hybridized carbons (Fsp3) is 0.263. The molecule has 3 rings (SSSR count). The Morgan fingerprint density at radius 1 is 1.12 bits per heavy atom. The highest BCUT2D eigenvalue weighted by Gasteiger charge is 2.10. The average Bonchev–Trinajstić information content (AvgIpc) is 3.11. The zero-order valence-electron chi connectivity index (χ0n) is 14.8. The summed E-state index contributed by atoms with van der Waals surface area (Å²) in [5.41, 5.74) is 2.94. The fourth-order valence-electron chi connectivity index (χ4n) is 2.50. The first-order valence-corrected chi connectivity index (χ1v) is 8.48. The highest BCUT2D eigenvalue weighted by Crippen LogP contribution is 2.13. The Morgan fingerprint density at radius 3 is 2.54 bits per heavy atom. The first kappa shape index (κ1) is 17.6. The van der Waals surface area contributed by atoms with E-state index in [4.69, 9.17) is 4.74 Å². The van der Waals surface area contributed by atoms with Crippen molar-refractivity contribution in [3.05, 3.63) is 65.5 Å². The summed E-state index contributed by atoms with van der Waals surface area (Å²) in [4.78, 5) is 12.2. The number of hydrogen-bond donors (Lipinski definition) is 1. The smallest absolute Gasteiger partial charge is 0.224 e. The van der Waals surface area contributed by atoms with E-state index in [1.54, 1.807) is 4.68 Å². The second-order valence-corrected chi connectivity index (χ2v) is 5.87. The Hall–Kier alpha value is -3.22. The van der Waals surface area contributed by atoms with Gasteiger partial charge in [0.1, 0.15) is 5.75 Å². The predicted octanol–water partition coefficient (Wildman–Crippen LogP) is 2.23.